The summed E-state index contributed by atoms with van der Waals surface area (Å²) in [6.45, 7) is 0. The standard InChI is InChI=1S/C19H14ClN5/c20-14-5-1-3-12(9-14)17-11-18(25-19(21)24-17)23-15-6-7-16-13(10-15)4-2-8-22-16/h1-11H,(H3,21,23,24,25). The van der Waals surface area contributed by atoms with Crippen molar-refractivity contribution in [3.8, 4) is 11.3 Å². The molecule has 0 aliphatic carbocycles. The number of pyridine rings is 1. The SMILES string of the molecule is Nc1nc(Nc2ccc3ncccc3c2)cc(-c2cccc(Cl)c2)n1. The molecule has 0 aliphatic rings. The smallest absolute Gasteiger partial charge is 0.222 e. The van der Waals surface area contributed by atoms with Gasteiger partial charge >= 0.3 is 0 Å². The van der Waals surface area contributed by atoms with E-state index in [2.05, 4.69) is 20.3 Å². The van der Waals surface area contributed by atoms with Crippen LogP contribution in [0.5, 0.6) is 0 Å². The summed E-state index contributed by atoms with van der Waals surface area (Å²) in [6, 6.07) is 19.2. The van der Waals surface area contributed by atoms with Crippen molar-refractivity contribution in [2.45, 2.75) is 0 Å². The third kappa shape index (κ3) is 3.36. The number of fused-ring (bicyclic) bond motifs is 1. The van der Waals surface area contributed by atoms with Crippen molar-refractivity contribution in [3.63, 3.8) is 0 Å². The highest BCUT2D eigenvalue weighted by atomic mass is 35.5. The van der Waals surface area contributed by atoms with Crippen LogP contribution in [0.25, 0.3) is 22.2 Å². The zero-order chi connectivity index (χ0) is 17.2. The van der Waals surface area contributed by atoms with Crippen LogP contribution in [0.4, 0.5) is 17.5 Å². The molecule has 0 fully saturated rings. The number of halogens is 1. The molecular weight excluding hydrogens is 334 g/mol. The Bertz CT molecular complexity index is 1060. The van der Waals surface area contributed by atoms with Gasteiger partial charge in [0.15, 0.2) is 0 Å². The van der Waals surface area contributed by atoms with Gasteiger partial charge < -0.3 is 11.1 Å². The van der Waals surface area contributed by atoms with Crippen LogP contribution in [0, 0.1) is 0 Å². The minimum Gasteiger partial charge on any atom is -0.368 e. The van der Waals surface area contributed by atoms with Crippen molar-refractivity contribution in [1.29, 1.82) is 0 Å². The van der Waals surface area contributed by atoms with Gasteiger partial charge in [-0.15, -0.1) is 0 Å². The Morgan fingerprint density at radius 3 is 2.72 bits per heavy atom. The maximum absolute atomic E-state index is 6.06. The van der Waals surface area contributed by atoms with E-state index in [-0.39, 0.29) is 5.95 Å². The summed E-state index contributed by atoms with van der Waals surface area (Å²) < 4.78 is 0. The van der Waals surface area contributed by atoms with E-state index in [1.807, 2.05) is 60.7 Å². The molecule has 0 saturated carbocycles. The predicted molar refractivity (Wildman–Crippen MR) is 102 cm³/mol. The lowest BCUT2D eigenvalue weighted by molar-refractivity contribution is 1.19. The molecule has 4 rings (SSSR count). The number of benzene rings is 2. The van der Waals surface area contributed by atoms with E-state index in [0.29, 0.717) is 16.5 Å². The lowest BCUT2D eigenvalue weighted by Crippen LogP contribution is -2.01. The number of hydrogen-bond acceptors (Lipinski definition) is 5. The molecule has 0 spiro atoms. The van der Waals surface area contributed by atoms with Gasteiger partial charge in [-0.2, -0.15) is 4.98 Å². The number of nitrogens with two attached hydrogens (primary N) is 1. The van der Waals surface area contributed by atoms with Gasteiger partial charge in [0.2, 0.25) is 5.95 Å². The molecule has 0 aliphatic heterocycles. The van der Waals surface area contributed by atoms with Crippen molar-refractivity contribution in [3.05, 3.63) is 71.9 Å². The number of anilines is 3. The molecule has 0 bridgehead atoms. The van der Waals surface area contributed by atoms with Crippen molar-refractivity contribution >= 4 is 40.0 Å². The third-order valence-electron chi connectivity index (χ3n) is 3.74. The Balaban J connectivity index is 1.70. The quantitative estimate of drug-likeness (QED) is 0.563. The maximum Gasteiger partial charge on any atom is 0.222 e. The summed E-state index contributed by atoms with van der Waals surface area (Å²) in [5.74, 6) is 0.813. The molecule has 0 amide bonds. The molecule has 4 aromatic rings. The summed E-state index contributed by atoms with van der Waals surface area (Å²) >= 11 is 6.06. The minimum absolute atomic E-state index is 0.197. The Morgan fingerprint density at radius 2 is 1.84 bits per heavy atom. The normalized spacial score (nSPS) is 10.8. The fourth-order valence-electron chi connectivity index (χ4n) is 2.63. The van der Waals surface area contributed by atoms with Crippen LogP contribution in [0.15, 0.2) is 66.9 Å². The van der Waals surface area contributed by atoms with E-state index < -0.39 is 0 Å². The Labute approximate surface area is 149 Å². The number of hydrogen-bond donors (Lipinski definition) is 2. The van der Waals surface area contributed by atoms with Crippen LogP contribution < -0.4 is 11.1 Å². The Morgan fingerprint density at radius 1 is 0.920 bits per heavy atom. The highest BCUT2D eigenvalue weighted by Crippen LogP contribution is 2.26. The van der Waals surface area contributed by atoms with Crippen molar-refractivity contribution in [1.82, 2.24) is 15.0 Å². The highest BCUT2D eigenvalue weighted by Gasteiger charge is 2.06. The molecule has 0 unspecified atom stereocenters. The van der Waals surface area contributed by atoms with Crippen LogP contribution in [-0.2, 0) is 0 Å². The van der Waals surface area contributed by atoms with Gasteiger partial charge in [-0.3, -0.25) is 4.98 Å². The van der Waals surface area contributed by atoms with Crippen LogP contribution in [0.3, 0.4) is 0 Å². The second kappa shape index (κ2) is 6.37. The second-order valence-corrected chi connectivity index (χ2v) is 5.98. The van der Waals surface area contributed by atoms with E-state index >= 15 is 0 Å². The molecule has 2 aromatic heterocycles. The summed E-state index contributed by atoms with van der Waals surface area (Å²) in [5, 5.41) is 4.96. The van der Waals surface area contributed by atoms with Gasteiger partial charge in [0.05, 0.1) is 11.2 Å². The third-order valence-corrected chi connectivity index (χ3v) is 3.97. The molecule has 2 aromatic carbocycles. The molecule has 0 atom stereocenters. The first-order valence-electron chi connectivity index (χ1n) is 7.70. The van der Waals surface area contributed by atoms with Gasteiger partial charge in [0.1, 0.15) is 5.82 Å². The van der Waals surface area contributed by atoms with Crippen molar-refractivity contribution in [2.75, 3.05) is 11.1 Å². The van der Waals surface area contributed by atoms with Crippen LogP contribution in [-0.4, -0.2) is 15.0 Å². The molecule has 6 heteroatoms. The fourth-order valence-corrected chi connectivity index (χ4v) is 2.82. The van der Waals surface area contributed by atoms with Crippen LogP contribution in [0.1, 0.15) is 0 Å². The first kappa shape index (κ1) is 15.4. The fraction of sp³-hybridized carbons (Fsp3) is 0. The first-order chi connectivity index (χ1) is 12.2. The summed E-state index contributed by atoms with van der Waals surface area (Å²) in [6.07, 6.45) is 1.78. The van der Waals surface area contributed by atoms with E-state index in [1.54, 1.807) is 6.20 Å². The average molecular weight is 348 g/mol. The van der Waals surface area contributed by atoms with Gasteiger partial charge in [0.25, 0.3) is 0 Å². The summed E-state index contributed by atoms with van der Waals surface area (Å²) in [4.78, 5) is 12.9. The molecule has 25 heavy (non-hydrogen) atoms. The molecule has 2 heterocycles. The molecule has 0 radical (unpaired) electrons. The highest BCUT2D eigenvalue weighted by molar-refractivity contribution is 6.30. The van der Waals surface area contributed by atoms with Gasteiger partial charge in [0, 0.05) is 33.9 Å². The average Bonchev–Trinajstić information content (AvgIpc) is 2.61. The zero-order valence-corrected chi connectivity index (χ0v) is 13.9. The number of aromatic nitrogens is 3. The van der Waals surface area contributed by atoms with Gasteiger partial charge in [-0.25, -0.2) is 4.98 Å². The van der Waals surface area contributed by atoms with Crippen molar-refractivity contribution in [2.24, 2.45) is 0 Å². The van der Waals surface area contributed by atoms with E-state index in [9.17, 15) is 0 Å². The van der Waals surface area contributed by atoms with Crippen molar-refractivity contribution < 1.29 is 0 Å². The zero-order valence-electron chi connectivity index (χ0n) is 13.1. The Kier molecular flexibility index (Phi) is 3.91. The monoisotopic (exact) mass is 347 g/mol. The summed E-state index contributed by atoms with van der Waals surface area (Å²) in [7, 11) is 0. The maximum atomic E-state index is 6.06. The molecule has 3 N–H and O–H groups in total. The molecular formula is C19H14ClN5. The lowest BCUT2D eigenvalue weighted by atomic mass is 10.1. The largest absolute Gasteiger partial charge is 0.368 e. The predicted octanol–water partition coefficient (Wildman–Crippen LogP) is 4.67. The van der Waals surface area contributed by atoms with E-state index in [0.717, 1.165) is 22.2 Å². The van der Waals surface area contributed by atoms with Gasteiger partial charge in [-0.05, 0) is 36.4 Å². The second-order valence-electron chi connectivity index (χ2n) is 5.54. The number of nitrogens with one attached hydrogen (secondary N) is 1. The number of nitrogen functional groups attached to an aromatic ring is 1. The molecule has 0 saturated heterocycles. The number of nitrogens with zero attached hydrogens (tertiary/aromatic N) is 3. The van der Waals surface area contributed by atoms with Crippen LogP contribution >= 0.6 is 11.6 Å². The van der Waals surface area contributed by atoms with E-state index in [4.69, 9.17) is 17.3 Å². The number of rotatable bonds is 3. The van der Waals surface area contributed by atoms with Crippen LogP contribution in [0.2, 0.25) is 5.02 Å². The molecule has 122 valence electrons. The first-order valence-corrected chi connectivity index (χ1v) is 8.07. The molecule has 5 nitrogen and oxygen atoms in total. The van der Waals surface area contributed by atoms with E-state index in [1.165, 1.54) is 0 Å². The summed E-state index contributed by atoms with van der Waals surface area (Å²) in [5.41, 5.74) is 9.30. The lowest BCUT2D eigenvalue weighted by Gasteiger charge is -2.09. The minimum atomic E-state index is 0.197. The topological polar surface area (TPSA) is 76.7 Å². The van der Waals surface area contributed by atoms with Gasteiger partial charge in [-0.1, -0.05) is 29.8 Å². The Hall–Kier alpha value is -3.18.